The molecule has 36 heavy (non-hydrogen) atoms. The zero-order valence-electron chi connectivity index (χ0n) is 21.3. The fourth-order valence-corrected chi connectivity index (χ4v) is 4.57. The van der Waals surface area contributed by atoms with E-state index in [-0.39, 0.29) is 12.0 Å². The first kappa shape index (κ1) is 25.3. The average Bonchev–Trinajstić information content (AvgIpc) is 2.82. The minimum Gasteiger partial charge on any atom is -0.465 e. The number of carbonyl (C=O) groups excluding carboxylic acids is 2. The van der Waals surface area contributed by atoms with E-state index < -0.39 is 11.7 Å². The molecule has 2 N–H and O–H groups in total. The fourth-order valence-electron chi connectivity index (χ4n) is 4.57. The summed E-state index contributed by atoms with van der Waals surface area (Å²) in [5.41, 5.74) is 5.92. The van der Waals surface area contributed by atoms with Crippen LogP contribution in [-0.4, -0.2) is 58.2 Å². The van der Waals surface area contributed by atoms with Gasteiger partial charge in [0.25, 0.3) is 5.91 Å². The smallest absolute Gasteiger partial charge is 0.410 e. The first-order valence-corrected chi connectivity index (χ1v) is 12.2. The third-order valence-corrected chi connectivity index (χ3v) is 6.44. The van der Waals surface area contributed by atoms with Crippen molar-refractivity contribution in [3.63, 3.8) is 0 Å². The summed E-state index contributed by atoms with van der Waals surface area (Å²) in [6.07, 6.45) is 2.19. The molecule has 2 heterocycles. The number of carbonyl (C=O) groups is 3. The summed E-state index contributed by atoms with van der Waals surface area (Å²) in [5, 5.41) is 12.2. The van der Waals surface area contributed by atoms with E-state index in [0.717, 1.165) is 28.7 Å². The maximum absolute atomic E-state index is 12.9. The SMILES string of the molecule is Cc1cc(NC(=O)c2ccc3c(c2)CN(C(=O)O)CC3)ccc1C1=CCN(C(=O)OC(C)(C)C)CC1. The molecule has 2 aliphatic heterocycles. The number of rotatable bonds is 3. The monoisotopic (exact) mass is 491 g/mol. The second kappa shape index (κ2) is 10.0. The van der Waals surface area contributed by atoms with E-state index in [1.165, 1.54) is 10.5 Å². The molecule has 2 aromatic rings. The van der Waals surface area contributed by atoms with Gasteiger partial charge < -0.3 is 25.0 Å². The van der Waals surface area contributed by atoms with E-state index >= 15 is 0 Å². The summed E-state index contributed by atoms with van der Waals surface area (Å²) < 4.78 is 5.47. The van der Waals surface area contributed by atoms with Crippen molar-refractivity contribution in [2.45, 2.75) is 52.7 Å². The molecule has 2 aromatic carbocycles. The number of hydrogen-bond acceptors (Lipinski definition) is 4. The van der Waals surface area contributed by atoms with Crippen molar-refractivity contribution in [2.75, 3.05) is 25.0 Å². The number of nitrogens with zero attached hydrogens (tertiary/aromatic N) is 2. The van der Waals surface area contributed by atoms with Crippen LogP contribution in [0.1, 0.15) is 59.8 Å². The second-order valence-electron chi connectivity index (χ2n) is 10.3. The lowest BCUT2D eigenvalue weighted by Crippen LogP contribution is -2.39. The molecule has 3 amide bonds. The molecule has 0 radical (unpaired) electrons. The minimum absolute atomic E-state index is 0.234. The standard InChI is InChI=1S/C28H33N3O5/c1-18-15-23(7-8-24(18)20-10-12-30(13-11-20)27(35)36-28(2,3)4)29-25(32)21-6-5-19-9-14-31(26(33)34)17-22(19)16-21/h5-8,10,15-16H,9,11-14,17H2,1-4H3,(H,29,32)(H,33,34). The molecule has 8 heteroatoms. The predicted molar refractivity (Wildman–Crippen MR) is 138 cm³/mol. The van der Waals surface area contributed by atoms with E-state index in [0.29, 0.717) is 43.9 Å². The first-order chi connectivity index (χ1) is 17.0. The van der Waals surface area contributed by atoms with Crippen LogP contribution in [0, 0.1) is 6.92 Å². The molecular weight excluding hydrogens is 458 g/mol. The van der Waals surface area contributed by atoms with Gasteiger partial charge in [0.15, 0.2) is 0 Å². The van der Waals surface area contributed by atoms with E-state index in [1.54, 1.807) is 17.0 Å². The van der Waals surface area contributed by atoms with Gasteiger partial charge in [0.2, 0.25) is 0 Å². The quantitative estimate of drug-likeness (QED) is 0.606. The van der Waals surface area contributed by atoms with Crippen LogP contribution in [0.3, 0.4) is 0 Å². The lowest BCUT2D eigenvalue weighted by atomic mass is 9.95. The Labute approximate surface area is 211 Å². The molecule has 4 rings (SSSR count). The molecule has 0 aromatic heterocycles. The highest BCUT2D eigenvalue weighted by Crippen LogP contribution is 2.28. The van der Waals surface area contributed by atoms with E-state index in [2.05, 4.69) is 11.4 Å². The number of fused-ring (bicyclic) bond motifs is 1. The Morgan fingerprint density at radius 2 is 1.72 bits per heavy atom. The molecular formula is C28H33N3O5. The molecule has 0 unspecified atom stereocenters. The number of carboxylic acid groups (broad SMARTS) is 1. The van der Waals surface area contributed by atoms with Gasteiger partial charge in [0.05, 0.1) is 0 Å². The van der Waals surface area contributed by atoms with E-state index in [1.807, 2.05) is 52.0 Å². The lowest BCUT2D eigenvalue weighted by Gasteiger charge is -2.30. The number of amides is 3. The van der Waals surface area contributed by atoms with Gasteiger partial charge in [-0.3, -0.25) is 4.79 Å². The summed E-state index contributed by atoms with van der Waals surface area (Å²) in [7, 11) is 0. The van der Waals surface area contributed by atoms with E-state index in [4.69, 9.17) is 4.74 Å². The molecule has 0 fully saturated rings. The van der Waals surface area contributed by atoms with Gasteiger partial charge in [-0.15, -0.1) is 0 Å². The van der Waals surface area contributed by atoms with Crippen LogP contribution in [-0.2, 0) is 17.7 Å². The summed E-state index contributed by atoms with van der Waals surface area (Å²) in [6.45, 7) is 9.44. The Balaban J connectivity index is 1.41. The molecule has 0 aliphatic carbocycles. The van der Waals surface area contributed by atoms with Gasteiger partial charge in [-0.2, -0.15) is 0 Å². The average molecular weight is 492 g/mol. The Kier molecular flexibility index (Phi) is 7.06. The number of hydrogen-bond donors (Lipinski definition) is 2. The van der Waals surface area contributed by atoms with Crippen molar-refractivity contribution in [1.29, 1.82) is 0 Å². The summed E-state index contributed by atoms with van der Waals surface area (Å²) in [5.74, 6) is -0.234. The molecule has 0 atom stereocenters. The van der Waals surface area contributed by atoms with Gasteiger partial charge in [0.1, 0.15) is 5.60 Å². The zero-order valence-corrected chi connectivity index (χ0v) is 21.3. The van der Waals surface area contributed by atoms with Crippen LogP contribution >= 0.6 is 0 Å². The van der Waals surface area contributed by atoms with Gasteiger partial charge >= 0.3 is 12.2 Å². The number of aryl methyl sites for hydroxylation is 1. The maximum Gasteiger partial charge on any atom is 0.410 e. The Morgan fingerprint density at radius 1 is 0.972 bits per heavy atom. The Morgan fingerprint density at radius 3 is 2.36 bits per heavy atom. The Bertz CT molecular complexity index is 1230. The third kappa shape index (κ3) is 5.87. The molecule has 2 aliphatic rings. The van der Waals surface area contributed by atoms with Crippen LogP contribution in [0.25, 0.3) is 5.57 Å². The molecule has 190 valence electrons. The van der Waals surface area contributed by atoms with Crippen molar-refractivity contribution >= 4 is 29.4 Å². The van der Waals surface area contributed by atoms with Crippen LogP contribution in [0.5, 0.6) is 0 Å². The number of anilines is 1. The normalized spacial score (nSPS) is 15.6. The first-order valence-electron chi connectivity index (χ1n) is 12.2. The number of nitrogens with one attached hydrogen (secondary N) is 1. The van der Waals surface area contributed by atoms with Crippen LogP contribution in [0.15, 0.2) is 42.5 Å². The summed E-state index contributed by atoms with van der Waals surface area (Å²) in [6, 6.07) is 11.3. The van der Waals surface area contributed by atoms with Crippen LogP contribution in [0.4, 0.5) is 15.3 Å². The largest absolute Gasteiger partial charge is 0.465 e. The summed E-state index contributed by atoms with van der Waals surface area (Å²) >= 11 is 0. The van der Waals surface area contributed by atoms with Crippen LogP contribution in [0.2, 0.25) is 0 Å². The zero-order chi connectivity index (χ0) is 26.0. The maximum atomic E-state index is 12.9. The van der Waals surface area contributed by atoms with Crippen molar-refractivity contribution in [1.82, 2.24) is 9.80 Å². The fraction of sp³-hybridized carbons (Fsp3) is 0.393. The topological polar surface area (TPSA) is 99.2 Å². The van der Waals surface area contributed by atoms with Crippen LogP contribution < -0.4 is 5.32 Å². The molecule has 0 bridgehead atoms. The van der Waals surface area contributed by atoms with Crippen molar-refractivity contribution < 1.29 is 24.2 Å². The molecule has 0 saturated heterocycles. The van der Waals surface area contributed by atoms with Gasteiger partial charge in [0, 0.05) is 37.4 Å². The molecule has 0 saturated carbocycles. The number of benzene rings is 2. The second-order valence-corrected chi connectivity index (χ2v) is 10.3. The highest BCUT2D eigenvalue weighted by Gasteiger charge is 2.24. The predicted octanol–water partition coefficient (Wildman–Crippen LogP) is 5.31. The van der Waals surface area contributed by atoms with Crippen molar-refractivity contribution in [2.24, 2.45) is 0 Å². The van der Waals surface area contributed by atoms with Gasteiger partial charge in [-0.1, -0.05) is 18.2 Å². The van der Waals surface area contributed by atoms with Gasteiger partial charge in [-0.05, 0) is 92.6 Å². The van der Waals surface area contributed by atoms with Gasteiger partial charge in [-0.25, -0.2) is 9.59 Å². The third-order valence-electron chi connectivity index (χ3n) is 6.44. The highest BCUT2D eigenvalue weighted by atomic mass is 16.6. The number of ether oxygens (including phenoxy) is 1. The highest BCUT2D eigenvalue weighted by molar-refractivity contribution is 6.04. The summed E-state index contributed by atoms with van der Waals surface area (Å²) in [4.78, 5) is 39.6. The Hall–Kier alpha value is -3.81. The molecule has 0 spiro atoms. The van der Waals surface area contributed by atoms with Crippen molar-refractivity contribution in [3.05, 3.63) is 70.3 Å². The lowest BCUT2D eigenvalue weighted by molar-refractivity contribution is 0.0270. The molecule has 8 nitrogen and oxygen atoms in total. The van der Waals surface area contributed by atoms with Crippen molar-refractivity contribution in [3.8, 4) is 0 Å². The van der Waals surface area contributed by atoms with E-state index in [9.17, 15) is 19.5 Å². The minimum atomic E-state index is -0.948.